The maximum absolute atomic E-state index is 12.6. The molecule has 0 saturated heterocycles. The quantitative estimate of drug-likeness (QED) is 0.778. The molecular formula is C17H22N4OS. The fourth-order valence-corrected chi connectivity index (χ4v) is 3.75. The number of amides is 1. The van der Waals surface area contributed by atoms with Crippen molar-refractivity contribution in [2.45, 2.75) is 40.3 Å². The number of aryl methyl sites for hydroxylation is 2. The van der Waals surface area contributed by atoms with Crippen molar-refractivity contribution >= 4 is 27.5 Å². The molecule has 0 saturated carbocycles. The standard InChI is InChI=1S/C17H22N4OS/c1-11(2)21-14-5-8-23-16(14)10-15(21)17(22)18-6-7-20-13(4)9-12(3)19-20/h5,8-11H,6-7H2,1-4H3,(H,18,22). The maximum atomic E-state index is 12.6. The Balaban J connectivity index is 1.72. The van der Waals surface area contributed by atoms with Crippen molar-refractivity contribution in [2.24, 2.45) is 0 Å². The Morgan fingerprint density at radius 3 is 2.78 bits per heavy atom. The summed E-state index contributed by atoms with van der Waals surface area (Å²) in [6, 6.07) is 6.35. The van der Waals surface area contributed by atoms with Gasteiger partial charge in [0.25, 0.3) is 5.91 Å². The van der Waals surface area contributed by atoms with Crippen LogP contribution in [0.25, 0.3) is 10.2 Å². The molecule has 3 rings (SSSR count). The summed E-state index contributed by atoms with van der Waals surface area (Å²) in [5.74, 6) is -0.0244. The Morgan fingerprint density at radius 2 is 2.13 bits per heavy atom. The number of carbonyl (C=O) groups is 1. The summed E-state index contributed by atoms with van der Waals surface area (Å²) < 4.78 is 5.18. The zero-order chi connectivity index (χ0) is 16.6. The largest absolute Gasteiger partial charge is 0.349 e. The second kappa shape index (κ2) is 6.20. The van der Waals surface area contributed by atoms with Gasteiger partial charge < -0.3 is 9.88 Å². The molecule has 3 heterocycles. The number of aromatic nitrogens is 3. The first kappa shape index (κ1) is 15.8. The van der Waals surface area contributed by atoms with Gasteiger partial charge in [-0.05, 0) is 51.3 Å². The van der Waals surface area contributed by atoms with Gasteiger partial charge in [0.1, 0.15) is 5.69 Å². The first-order valence-corrected chi connectivity index (χ1v) is 8.73. The van der Waals surface area contributed by atoms with Crippen molar-refractivity contribution in [3.8, 4) is 0 Å². The van der Waals surface area contributed by atoms with Crippen LogP contribution in [0.5, 0.6) is 0 Å². The van der Waals surface area contributed by atoms with Crippen LogP contribution in [0.3, 0.4) is 0 Å². The van der Waals surface area contributed by atoms with Crippen LogP contribution in [0.2, 0.25) is 0 Å². The minimum Gasteiger partial charge on any atom is -0.349 e. The van der Waals surface area contributed by atoms with Crippen LogP contribution in [-0.2, 0) is 6.54 Å². The van der Waals surface area contributed by atoms with Crippen molar-refractivity contribution in [3.63, 3.8) is 0 Å². The van der Waals surface area contributed by atoms with Crippen LogP contribution in [0.15, 0.2) is 23.6 Å². The number of nitrogens with one attached hydrogen (secondary N) is 1. The molecule has 0 unspecified atom stereocenters. The number of rotatable bonds is 5. The lowest BCUT2D eigenvalue weighted by Gasteiger charge is -2.14. The molecule has 23 heavy (non-hydrogen) atoms. The molecule has 0 atom stereocenters. The molecule has 0 aliphatic heterocycles. The Morgan fingerprint density at radius 1 is 1.35 bits per heavy atom. The van der Waals surface area contributed by atoms with E-state index >= 15 is 0 Å². The fourth-order valence-electron chi connectivity index (χ4n) is 2.94. The van der Waals surface area contributed by atoms with Crippen LogP contribution < -0.4 is 5.32 Å². The molecule has 3 aromatic rings. The van der Waals surface area contributed by atoms with Gasteiger partial charge in [-0.2, -0.15) is 5.10 Å². The molecule has 5 nitrogen and oxygen atoms in total. The van der Waals surface area contributed by atoms with Crippen molar-refractivity contribution in [1.82, 2.24) is 19.7 Å². The van der Waals surface area contributed by atoms with E-state index in [-0.39, 0.29) is 11.9 Å². The summed E-state index contributed by atoms with van der Waals surface area (Å²) in [6.45, 7) is 9.46. The van der Waals surface area contributed by atoms with Crippen LogP contribution in [-0.4, -0.2) is 26.8 Å². The third kappa shape index (κ3) is 3.03. The molecule has 1 amide bonds. The van der Waals surface area contributed by atoms with Gasteiger partial charge in [-0.1, -0.05) is 0 Å². The molecule has 6 heteroatoms. The molecule has 0 spiro atoms. The lowest BCUT2D eigenvalue weighted by Crippen LogP contribution is -2.29. The second-order valence-electron chi connectivity index (χ2n) is 6.07. The van der Waals surface area contributed by atoms with E-state index in [2.05, 4.69) is 40.3 Å². The Kier molecular flexibility index (Phi) is 4.26. The number of hydrogen-bond donors (Lipinski definition) is 1. The summed E-state index contributed by atoms with van der Waals surface area (Å²) in [6.07, 6.45) is 0. The van der Waals surface area contributed by atoms with Gasteiger partial charge in [0, 0.05) is 18.3 Å². The third-order valence-corrected chi connectivity index (χ3v) is 4.77. The van der Waals surface area contributed by atoms with Gasteiger partial charge in [0.2, 0.25) is 0 Å². The topological polar surface area (TPSA) is 51.9 Å². The predicted octanol–water partition coefficient (Wildman–Crippen LogP) is 3.53. The monoisotopic (exact) mass is 330 g/mol. The smallest absolute Gasteiger partial charge is 0.268 e. The molecule has 0 aliphatic rings. The van der Waals surface area contributed by atoms with Crippen molar-refractivity contribution in [1.29, 1.82) is 0 Å². The van der Waals surface area contributed by atoms with E-state index in [9.17, 15) is 4.79 Å². The van der Waals surface area contributed by atoms with Crippen LogP contribution >= 0.6 is 11.3 Å². The lowest BCUT2D eigenvalue weighted by atomic mass is 10.3. The highest BCUT2D eigenvalue weighted by atomic mass is 32.1. The third-order valence-electron chi connectivity index (χ3n) is 3.92. The summed E-state index contributed by atoms with van der Waals surface area (Å²) in [4.78, 5) is 12.6. The predicted molar refractivity (Wildman–Crippen MR) is 94.2 cm³/mol. The minimum atomic E-state index is -0.0244. The highest BCUT2D eigenvalue weighted by molar-refractivity contribution is 7.17. The Hall–Kier alpha value is -2.08. The number of nitrogens with zero attached hydrogens (tertiary/aromatic N) is 3. The van der Waals surface area contributed by atoms with Crippen molar-refractivity contribution in [2.75, 3.05) is 6.54 Å². The first-order chi connectivity index (χ1) is 11.0. The molecule has 0 aromatic carbocycles. The number of fused-ring (bicyclic) bond motifs is 1. The van der Waals surface area contributed by atoms with E-state index in [0.717, 1.165) is 27.3 Å². The molecule has 0 fully saturated rings. The highest BCUT2D eigenvalue weighted by Gasteiger charge is 2.18. The van der Waals surface area contributed by atoms with Gasteiger partial charge in [-0.25, -0.2) is 0 Å². The highest BCUT2D eigenvalue weighted by Crippen LogP contribution is 2.28. The normalized spacial score (nSPS) is 11.5. The van der Waals surface area contributed by atoms with E-state index in [1.54, 1.807) is 11.3 Å². The average Bonchev–Trinajstić information content (AvgIpc) is 3.12. The minimum absolute atomic E-state index is 0.0244. The summed E-state index contributed by atoms with van der Waals surface area (Å²) in [7, 11) is 0. The summed E-state index contributed by atoms with van der Waals surface area (Å²) >= 11 is 1.67. The first-order valence-electron chi connectivity index (χ1n) is 7.85. The fraction of sp³-hybridized carbons (Fsp3) is 0.412. The number of hydrogen-bond acceptors (Lipinski definition) is 3. The molecule has 3 aromatic heterocycles. The number of thiophene rings is 1. The van der Waals surface area contributed by atoms with E-state index in [1.165, 1.54) is 0 Å². The average molecular weight is 330 g/mol. The maximum Gasteiger partial charge on any atom is 0.268 e. The molecule has 122 valence electrons. The van der Waals surface area contributed by atoms with Gasteiger partial charge >= 0.3 is 0 Å². The summed E-state index contributed by atoms with van der Waals surface area (Å²) in [5, 5.41) is 9.49. The van der Waals surface area contributed by atoms with E-state index in [0.29, 0.717) is 13.1 Å². The van der Waals surface area contributed by atoms with Crippen LogP contribution in [0, 0.1) is 13.8 Å². The Labute approximate surface area is 139 Å². The van der Waals surface area contributed by atoms with E-state index in [1.807, 2.05) is 30.7 Å². The van der Waals surface area contributed by atoms with Crippen molar-refractivity contribution in [3.05, 3.63) is 40.7 Å². The van der Waals surface area contributed by atoms with Crippen LogP contribution in [0.1, 0.15) is 41.8 Å². The van der Waals surface area contributed by atoms with E-state index in [4.69, 9.17) is 0 Å². The zero-order valence-electron chi connectivity index (χ0n) is 14.0. The van der Waals surface area contributed by atoms with Gasteiger partial charge in [0.15, 0.2) is 0 Å². The van der Waals surface area contributed by atoms with Gasteiger partial charge in [-0.15, -0.1) is 11.3 Å². The van der Waals surface area contributed by atoms with Gasteiger partial charge in [-0.3, -0.25) is 9.48 Å². The summed E-state index contributed by atoms with van der Waals surface area (Å²) in [5.41, 5.74) is 3.98. The molecule has 1 N–H and O–H groups in total. The Bertz CT molecular complexity index is 840. The van der Waals surface area contributed by atoms with Crippen LogP contribution in [0.4, 0.5) is 0 Å². The molecule has 0 bridgehead atoms. The SMILES string of the molecule is Cc1cc(C)n(CCNC(=O)c2cc3sccc3n2C(C)C)n1. The zero-order valence-corrected chi connectivity index (χ0v) is 14.8. The molecular weight excluding hydrogens is 308 g/mol. The molecule has 0 radical (unpaired) electrons. The second-order valence-corrected chi connectivity index (χ2v) is 7.02. The molecule has 0 aliphatic carbocycles. The van der Waals surface area contributed by atoms with Crippen molar-refractivity contribution < 1.29 is 4.79 Å². The lowest BCUT2D eigenvalue weighted by molar-refractivity contribution is 0.0941. The number of carbonyl (C=O) groups excluding carboxylic acids is 1. The van der Waals surface area contributed by atoms with Gasteiger partial charge in [0.05, 0.1) is 22.5 Å². The van der Waals surface area contributed by atoms with E-state index < -0.39 is 0 Å².